The maximum atomic E-state index is 10.5. The van der Waals surface area contributed by atoms with Crippen molar-refractivity contribution in [3.63, 3.8) is 0 Å². The van der Waals surface area contributed by atoms with E-state index in [0.717, 1.165) is 13.0 Å². The third kappa shape index (κ3) is 1.28. The highest BCUT2D eigenvalue weighted by Crippen LogP contribution is 2.22. The van der Waals surface area contributed by atoms with E-state index in [1.54, 1.807) is 0 Å². The smallest absolute Gasteiger partial charge is 0.407 e. The Morgan fingerprint density at radius 2 is 2.36 bits per heavy atom. The van der Waals surface area contributed by atoms with Crippen LogP contribution in [0.15, 0.2) is 0 Å². The van der Waals surface area contributed by atoms with E-state index in [1.165, 1.54) is 4.90 Å². The zero-order valence-electron chi connectivity index (χ0n) is 5.99. The Hall–Kier alpha value is -0.480. The first-order valence-electron chi connectivity index (χ1n) is 3.50. The molecule has 0 saturated carbocycles. The van der Waals surface area contributed by atoms with Gasteiger partial charge in [-0.3, -0.25) is 0 Å². The van der Waals surface area contributed by atoms with Gasteiger partial charge in [0.2, 0.25) is 0 Å². The van der Waals surface area contributed by atoms with Gasteiger partial charge in [0.05, 0.1) is 0 Å². The first-order chi connectivity index (χ1) is 4.77. The van der Waals surface area contributed by atoms with E-state index >= 15 is 0 Å². The molecule has 0 unspecified atom stereocenters. The van der Waals surface area contributed by atoms with Crippen LogP contribution in [0.2, 0.25) is 0 Å². The van der Waals surface area contributed by atoms with E-state index in [4.69, 9.17) is 5.11 Å². The van der Waals surface area contributed by atoms with Crippen LogP contribution in [0.3, 0.4) is 0 Å². The number of carboxylic acid groups (broad SMARTS) is 1. The monoisotopic (exact) mass is 178 g/mol. The molecule has 1 amide bonds. The molecule has 2 fully saturated rings. The van der Waals surface area contributed by atoms with Gasteiger partial charge >= 0.3 is 6.09 Å². The van der Waals surface area contributed by atoms with Crippen LogP contribution in [0.1, 0.15) is 6.42 Å². The molecule has 0 spiro atoms. The van der Waals surface area contributed by atoms with Crippen molar-refractivity contribution in [2.24, 2.45) is 0 Å². The lowest BCUT2D eigenvalue weighted by Crippen LogP contribution is -2.45. The molecule has 0 aromatic carbocycles. The fourth-order valence-corrected chi connectivity index (χ4v) is 1.80. The Morgan fingerprint density at radius 1 is 1.64 bits per heavy atom. The normalized spacial score (nSPS) is 33.6. The Kier molecular flexibility index (Phi) is 2.25. The number of fused-ring (bicyclic) bond motifs is 2. The third-order valence-corrected chi connectivity index (χ3v) is 2.30. The average molecular weight is 179 g/mol. The molecule has 2 aliphatic rings. The molecule has 4 nitrogen and oxygen atoms in total. The van der Waals surface area contributed by atoms with Crippen molar-refractivity contribution in [1.29, 1.82) is 0 Å². The van der Waals surface area contributed by atoms with E-state index in [0.29, 0.717) is 12.6 Å². The van der Waals surface area contributed by atoms with Crippen LogP contribution in [0.25, 0.3) is 0 Å². The SMILES string of the molecule is Cl.O=C(O)N1C[C@H]2C[C@@H]1CN2. The number of piperazine rings is 1. The summed E-state index contributed by atoms with van der Waals surface area (Å²) in [4.78, 5) is 12.0. The minimum Gasteiger partial charge on any atom is -0.465 e. The van der Waals surface area contributed by atoms with Crippen LogP contribution in [0.5, 0.6) is 0 Å². The molecule has 2 N–H and O–H groups in total. The maximum absolute atomic E-state index is 10.5. The van der Waals surface area contributed by atoms with Gasteiger partial charge in [0.15, 0.2) is 0 Å². The molecule has 0 aromatic heterocycles. The highest BCUT2D eigenvalue weighted by Gasteiger charge is 2.39. The molecule has 2 rings (SSSR count). The van der Waals surface area contributed by atoms with Crippen LogP contribution in [-0.2, 0) is 0 Å². The zero-order valence-corrected chi connectivity index (χ0v) is 6.80. The molecule has 11 heavy (non-hydrogen) atoms. The molecule has 2 heterocycles. The largest absolute Gasteiger partial charge is 0.465 e. The molecule has 0 aliphatic carbocycles. The van der Waals surface area contributed by atoms with Gasteiger partial charge in [0.1, 0.15) is 0 Å². The minimum atomic E-state index is -0.769. The lowest BCUT2D eigenvalue weighted by molar-refractivity contribution is 0.134. The van der Waals surface area contributed by atoms with Crippen molar-refractivity contribution in [3.8, 4) is 0 Å². The lowest BCUT2D eigenvalue weighted by atomic mass is 10.2. The number of nitrogens with one attached hydrogen (secondary N) is 1. The number of nitrogens with zero attached hydrogens (tertiary/aromatic N) is 1. The third-order valence-electron chi connectivity index (χ3n) is 2.30. The number of halogens is 1. The second-order valence-corrected chi connectivity index (χ2v) is 2.93. The standard InChI is InChI=1S/C6H10N2O2.ClH/c9-6(10)8-3-4-1-5(8)2-7-4;/h4-5,7H,1-3H2,(H,9,10);1H/t4-,5-;/m1./s1. The molecule has 0 aromatic rings. The van der Waals surface area contributed by atoms with Gasteiger partial charge in [0, 0.05) is 25.2 Å². The number of amides is 1. The van der Waals surface area contributed by atoms with Gasteiger partial charge < -0.3 is 15.3 Å². The minimum absolute atomic E-state index is 0. The molecule has 5 heteroatoms. The predicted octanol–water partition coefficient (Wildman–Crippen LogP) is 0.132. The Bertz CT molecular complexity index is 176. The molecule has 2 atom stereocenters. The summed E-state index contributed by atoms with van der Waals surface area (Å²) in [6.07, 6.45) is 0.237. The summed E-state index contributed by atoms with van der Waals surface area (Å²) in [5, 5.41) is 11.9. The summed E-state index contributed by atoms with van der Waals surface area (Å²) in [6, 6.07) is 0.684. The van der Waals surface area contributed by atoms with Crippen LogP contribution < -0.4 is 5.32 Å². The maximum Gasteiger partial charge on any atom is 0.407 e. The van der Waals surface area contributed by atoms with Crippen LogP contribution in [0.4, 0.5) is 4.79 Å². The van der Waals surface area contributed by atoms with E-state index < -0.39 is 6.09 Å². The van der Waals surface area contributed by atoms with Crippen LogP contribution in [-0.4, -0.2) is 41.3 Å². The van der Waals surface area contributed by atoms with Gasteiger partial charge in [-0.15, -0.1) is 12.4 Å². The number of hydrogen-bond donors (Lipinski definition) is 2. The summed E-state index contributed by atoms with van der Waals surface area (Å²) in [5.41, 5.74) is 0. The molecular weight excluding hydrogens is 168 g/mol. The molecular formula is C6H11ClN2O2. The van der Waals surface area contributed by atoms with Crippen molar-refractivity contribution < 1.29 is 9.90 Å². The van der Waals surface area contributed by atoms with Crippen molar-refractivity contribution in [3.05, 3.63) is 0 Å². The zero-order chi connectivity index (χ0) is 7.14. The van der Waals surface area contributed by atoms with Crippen molar-refractivity contribution in [2.75, 3.05) is 13.1 Å². The number of rotatable bonds is 0. The van der Waals surface area contributed by atoms with Gasteiger partial charge in [-0.2, -0.15) is 0 Å². The number of likely N-dealkylation sites (tertiary alicyclic amines) is 1. The molecule has 2 bridgehead atoms. The molecule has 2 aliphatic heterocycles. The fraction of sp³-hybridized carbons (Fsp3) is 0.833. The van der Waals surface area contributed by atoms with Crippen LogP contribution >= 0.6 is 12.4 Å². The summed E-state index contributed by atoms with van der Waals surface area (Å²) in [7, 11) is 0. The van der Waals surface area contributed by atoms with Crippen LogP contribution in [0, 0.1) is 0 Å². The van der Waals surface area contributed by atoms with Crippen molar-refractivity contribution >= 4 is 18.5 Å². The predicted molar refractivity (Wildman–Crippen MR) is 42.2 cm³/mol. The number of carbonyl (C=O) groups is 1. The molecule has 0 radical (unpaired) electrons. The van der Waals surface area contributed by atoms with Gasteiger partial charge in [-0.1, -0.05) is 0 Å². The number of hydrogen-bond acceptors (Lipinski definition) is 2. The summed E-state index contributed by atoms with van der Waals surface area (Å²) in [6.45, 7) is 1.52. The van der Waals surface area contributed by atoms with E-state index in [1.807, 2.05) is 0 Å². The first kappa shape index (κ1) is 8.62. The average Bonchev–Trinajstić information content (AvgIpc) is 2.44. The van der Waals surface area contributed by atoms with E-state index in [9.17, 15) is 4.79 Å². The Labute approximate surface area is 71.0 Å². The lowest BCUT2D eigenvalue weighted by Gasteiger charge is -2.23. The van der Waals surface area contributed by atoms with Crippen molar-refractivity contribution in [2.45, 2.75) is 18.5 Å². The van der Waals surface area contributed by atoms with Gasteiger partial charge in [-0.25, -0.2) is 4.79 Å². The first-order valence-corrected chi connectivity index (χ1v) is 3.50. The Balaban J connectivity index is 0.000000605. The van der Waals surface area contributed by atoms with E-state index in [-0.39, 0.29) is 18.4 Å². The van der Waals surface area contributed by atoms with Gasteiger partial charge in [0.25, 0.3) is 0 Å². The molecule has 2 saturated heterocycles. The quantitative estimate of drug-likeness (QED) is 0.555. The van der Waals surface area contributed by atoms with Gasteiger partial charge in [-0.05, 0) is 6.42 Å². The second-order valence-electron chi connectivity index (χ2n) is 2.93. The summed E-state index contributed by atoms with van der Waals surface area (Å²) >= 11 is 0. The second kappa shape index (κ2) is 2.87. The Morgan fingerprint density at radius 3 is 2.64 bits per heavy atom. The van der Waals surface area contributed by atoms with Crippen molar-refractivity contribution in [1.82, 2.24) is 10.2 Å². The highest BCUT2D eigenvalue weighted by molar-refractivity contribution is 5.85. The molecule has 64 valence electrons. The topological polar surface area (TPSA) is 52.6 Å². The summed E-state index contributed by atoms with van der Waals surface area (Å²) < 4.78 is 0. The fourth-order valence-electron chi connectivity index (χ4n) is 1.80. The summed E-state index contributed by atoms with van der Waals surface area (Å²) in [5.74, 6) is 0. The highest BCUT2D eigenvalue weighted by atomic mass is 35.5. The van der Waals surface area contributed by atoms with E-state index in [2.05, 4.69) is 5.32 Å².